The molecular formula is C11H13N3O. The second kappa shape index (κ2) is 2.95. The molecular weight excluding hydrogens is 190 g/mol. The highest BCUT2D eigenvalue weighted by molar-refractivity contribution is 5.47. The number of nitrogens with zero attached hydrogens (tertiary/aromatic N) is 2. The van der Waals surface area contributed by atoms with Crippen molar-refractivity contribution >= 4 is 5.65 Å². The Morgan fingerprint density at radius 1 is 1.40 bits per heavy atom. The van der Waals surface area contributed by atoms with Gasteiger partial charge in [0.05, 0.1) is 11.9 Å². The maximum atomic E-state index is 11.8. The van der Waals surface area contributed by atoms with Crippen molar-refractivity contribution in [2.45, 2.75) is 32.6 Å². The maximum absolute atomic E-state index is 11.8. The van der Waals surface area contributed by atoms with Crippen LogP contribution >= 0.6 is 0 Å². The molecule has 2 heterocycles. The molecule has 78 valence electrons. The lowest BCUT2D eigenvalue weighted by molar-refractivity contribution is 0.635. The fourth-order valence-electron chi connectivity index (χ4n) is 2.34. The van der Waals surface area contributed by atoms with E-state index in [9.17, 15) is 4.79 Å². The summed E-state index contributed by atoms with van der Waals surface area (Å²) in [6, 6.07) is 0. The molecule has 0 aliphatic heterocycles. The Morgan fingerprint density at radius 3 is 3.07 bits per heavy atom. The highest BCUT2D eigenvalue weighted by Gasteiger charge is 2.17. The van der Waals surface area contributed by atoms with E-state index in [4.69, 9.17) is 0 Å². The first-order valence-corrected chi connectivity index (χ1v) is 5.36. The van der Waals surface area contributed by atoms with E-state index in [1.807, 2.05) is 11.4 Å². The quantitative estimate of drug-likeness (QED) is 0.699. The van der Waals surface area contributed by atoms with Crippen molar-refractivity contribution in [3.8, 4) is 0 Å². The van der Waals surface area contributed by atoms with E-state index >= 15 is 0 Å². The van der Waals surface area contributed by atoms with E-state index in [-0.39, 0.29) is 5.56 Å². The lowest BCUT2D eigenvalue weighted by Gasteiger charge is -2.15. The number of fused-ring (bicyclic) bond motifs is 3. The summed E-state index contributed by atoms with van der Waals surface area (Å²) in [4.78, 5) is 14.7. The summed E-state index contributed by atoms with van der Waals surface area (Å²) in [6.45, 7) is 1.97. The number of hydrogen-bond donors (Lipinski definition) is 1. The Hall–Kier alpha value is -1.58. The van der Waals surface area contributed by atoms with Crippen LogP contribution in [0.25, 0.3) is 5.65 Å². The monoisotopic (exact) mass is 203 g/mol. The van der Waals surface area contributed by atoms with E-state index in [1.54, 1.807) is 6.20 Å². The molecule has 0 unspecified atom stereocenters. The van der Waals surface area contributed by atoms with Crippen molar-refractivity contribution in [3.05, 3.63) is 33.4 Å². The third-order valence-corrected chi connectivity index (χ3v) is 3.15. The molecule has 2 aromatic rings. The first-order chi connectivity index (χ1) is 7.27. The first-order valence-electron chi connectivity index (χ1n) is 5.36. The van der Waals surface area contributed by atoms with E-state index in [2.05, 4.69) is 10.1 Å². The minimum Gasteiger partial charge on any atom is -0.306 e. The van der Waals surface area contributed by atoms with Gasteiger partial charge in [0.2, 0.25) is 0 Å². The Morgan fingerprint density at radius 2 is 2.20 bits per heavy atom. The van der Waals surface area contributed by atoms with Crippen LogP contribution < -0.4 is 5.56 Å². The van der Waals surface area contributed by atoms with Gasteiger partial charge < -0.3 is 4.98 Å². The van der Waals surface area contributed by atoms with Crippen LogP contribution in [-0.2, 0) is 12.8 Å². The van der Waals surface area contributed by atoms with Gasteiger partial charge in [-0.1, -0.05) is 0 Å². The molecule has 1 aliphatic rings. The summed E-state index contributed by atoms with van der Waals surface area (Å²) in [5.74, 6) is 0. The number of hydrogen-bond acceptors (Lipinski definition) is 2. The number of aryl methyl sites for hydroxylation is 2. The third kappa shape index (κ3) is 1.14. The van der Waals surface area contributed by atoms with Crippen LogP contribution in [0.2, 0.25) is 0 Å². The second-order valence-corrected chi connectivity index (χ2v) is 4.17. The Balaban J connectivity index is 2.45. The Bertz CT molecular complexity index is 579. The van der Waals surface area contributed by atoms with Gasteiger partial charge in [0.25, 0.3) is 5.56 Å². The SMILES string of the molecule is Cc1cnn2c3c(c(=O)[nH]c12)CCCC3. The summed E-state index contributed by atoms with van der Waals surface area (Å²) < 4.78 is 1.89. The minimum atomic E-state index is 0.0702. The highest BCUT2D eigenvalue weighted by atomic mass is 16.1. The van der Waals surface area contributed by atoms with Gasteiger partial charge >= 0.3 is 0 Å². The molecule has 0 radical (unpaired) electrons. The van der Waals surface area contributed by atoms with Crippen molar-refractivity contribution in [3.63, 3.8) is 0 Å². The van der Waals surface area contributed by atoms with Gasteiger partial charge in [-0.2, -0.15) is 5.10 Å². The zero-order valence-electron chi connectivity index (χ0n) is 8.71. The predicted octanol–water partition coefficient (Wildman–Crippen LogP) is 1.21. The smallest absolute Gasteiger partial charge is 0.254 e. The Labute approximate surface area is 86.9 Å². The number of aromatic amines is 1. The van der Waals surface area contributed by atoms with Crippen LogP contribution in [0.4, 0.5) is 0 Å². The van der Waals surface area contributed by atoms with Gasteiger partial charge in [-0.05, 0) is 32.6 Å². The molecule has 1 N–H and O–H groups in total. The van der Waals surface area contributed by atoms with Crippen molar-refractivity contribution in [1.82, 2.24) is 14.6 Å². The molecule has 0 saturated carbocycles. The third-order valence-electron chi connectivity index (χ3n) is 3.15. The average Bonchev–Trinajstić information content (AvgIpc) is 2.62. The molecule has 4 heteroatoms. The van der Waals surface area contributed by atoms with Crippen LogP contribution in [0.15, 0.2) is 11.0 Å². The molecule has 3 rings (SSSR count). The minimum absolute atomic E-state index is 0.0702. The standard InChI is InChI=1S/C11H13N3O/c1-7-6-12-14-9-5-3-2-4-8(9)11(15)13-10(7)14/h6H,2-5H2,1H3,(H,13,15). The topological polar surface area (TPSA) is 50.2 Å². The molecule has 0 bridgehead atoms. The highest BCUT2D eigenvalue weighted by Crippen LogP contribution is 2.19. The molecule has 0 atom stereocenters. The number of H-pyrrole nitrogens is 1. The van der Waals surface area contributed by atoms with E-state index < -0.39 is 0 Å². The average molecular weight is 203 g/mol. The molecule has 4 nitrogen and oxygen atoms in total. The summed E-state index contributed by atoms with van der Waals surface area (Å²) in [7, 11) is 0. The summed E-state index contributed by atoms with van der Waals surface area (Å²) in [6.07, 6.45) is 5.93. The van der Waals surface area contributed by atoms with Gasteiger partial charge in [-0.25, -0.2) is 4.52 Å². The lowest BCUT2D eigenvalue weighted by atomic mass is 9.97. The van der Waals surface area contributed by atoms with Crippen LogP contribution in [0.5, 0.6) is 0 Å². The molecule has 0 fully saturated rings. The van der Waals surface area contributed by atoms with Crippen molar-refractivity contribution in [1.29, 1.82) is 0 Å². The molecule has 15 heavy (non-hydrogen) atoms. The predicted molar refractivity (Wildman–Crippen MR) is 57.2 cm³/mol. The van der Waals surface area contributed by atoms with E-state index in [0.717, 1.165) is 48.2 Å². The molecule has 1 aliphatic carbocycles. The van der Waals surface area contributed by atoms with Crippen LogP contribution in [0.3, 0.4) is 0 Å². The van der Waals surface area contributed by atoms with Gasteiger partial charge in [-0.3, -0.25) is 4.79 Å². The Kier molecular flexibility index (Phi) is 1.71. The number of aromatic nitrogens is 3. The van der Waals surface area contributed by atoms with Gasteiger partial charge in [-0.15, -0.1) is 0 Å². The number of rotatable bonds is 0. The maximum Gasteiger partial charge on any atom is 0.254 e. The van der Waals surface area contributed by atoms with Crippen molar-refractivity contribution in [2.75, 3.05) is 0 Å². The zero-order valence-corrected chi connectivity index (χ0v) is 8.71. The fraction of sp³-hybridized carbons (Fsp3) is 0.455. The summed E-state index contributed by atoms with van der Waals surface area (Å²) in [5.41, 5.74) is 3.98. The second-order valence-electron chi connectivity index (χ2n) is 4.17. The van der Waals surface area contributed by atoms with Crippen LogP contribution in [-0.4, -0.2) is 14.6 Å². The van der Waals surface area contributed by atoms with E-state index in [1.165, 1.54) is 0 Å². The van der Waals surface area contributed by atoms with E-state index in [0.29, 0.717) is 0 Å². The molecule has 0 saturated heterocycles. The van der Waals surface area contributed by atoms with Crippen molar-refractivity contribution in [2.24, 2.45) is 0 Å². The lowest BCUT2D eigenvalue weighted by Crippen LogP contribution is -2.23. The summed E-state index contributed by atoms with van der Waals surface area (Å²) in [5, 5.41) is 4.32. The largest absolute Gasteiger partial charge is 0.306 e. The van der Waals surface area contributed by atoms with Gasteiger partial charge in [0.15, 0.2) is 0 Å². The van der Waals surface area contributed by atoms with Crippen molar-refractivity contribution < 1.29 is 0 Å². The first kappa shape index (κ1) is 8.71. The molecule has 0 amide bonds. The van der Waals surface area contributed by atoms with Crippen LogP contribution in [0, 0.1) is 6.92 Å². The normalized spacial score (nSPS) is 15.5. The summed E-state index contributed by atoms with van der Waals surface area (Å²) >= 11 is 0. The molecule has 0 aromatic carbocycles. The zero-order chi connectivity index (χ0) is 10.4. The van der Waals surface area contributed by atoms with Gasteiger partial charge in [0.1, 0.15) is 5.65 Å². The molecule has 2 aromatic heterocycles. The fourth-order valence-corrected chi connectivity index (χ4v) is 2.34. The molecule has 0 spiro atoms. The van der Waals surface area contributed by atoms with Gasteiger partial charge in [0, 0.05) is 11.1 Å². The number of nitrogens with one attached hydrogen (secondary N) is 1. The van der Waals surface area contributed by atoms with Crippen LogP contribution in [0.1, 0.15) is 29.7 Å².